The van der Waals surface area contributed by atoms with E-state index in [1.165, 1.54) is 30.3 Å². The van der Waals surface area contributed by atoms with E-state index in [2.05, 4.69) is 9.71 Å². The van der Waals surface area contributed by atoms with Gasteiger partial charge in [-0.15, -0.1) is 0 Å². The summed E-state index contributed by atoms with van der Waals surface area (Å²) in [5.74, 6) is -0.723. The Bertz CT molecular complexity index is 1110. The van der Waals surface area contributed by atoms with Crippen LogP contribution in [-0.2, 0) is 10.0 Å². The Morgan fingerprint density at radius 3 is 2.46 bits per heavy atom. The lowest BCUT2D eigenvalue weighted by molar-refractivity contribution is 0.601. The average molecular weight is 388 g/mol. The summed E-state index contributed by atoms with van der Waals surface area (Å²) < 4.78 is 40.5. The third-order valence-electron chi connectivity index (χ3n) is 3.50. The van der Waals surface area contributed by atoms with E-state index in [1.54, 1.807) is 30.3 Å². The van der Waals surface area contributed by atoms with Gasteiger partial charge in [-0.05, 0) is 42.5 Å². The van der Waals surface area contributed by atoms with Crippen LogP contribution in [0.4, 0.5) is 10.1 Å². The summed E-state index contributed by atoms with van der Waals surface area (Å²) in [7, 11) is -3.74. The van der Waals surface area contributed by atoms with Crippen LogP contribution in [-0.4, -0.2) is 13.4 Å². The molecule has 3 rings (SSSR count). The van der Waals surface area contributed by atoms with Gasteiger partial charge in [-0.25, -0.2) is 17.8 Å². The second-order valence-corrected chi connectivity index (χ2v) is 7.34. The maximum atomic E-state index is 13.4. The molecule has 26 heavy (non-hydrogen) atoms. The molecule has 1 aromatic heterocycles. The maximum absolute atomic E-state index is 13.4. The second-order valence-electron chi connectivity index (χ2n) is 5.25. The van der Waals surface area contributed by atoms with E-state index in [0.29, 0.717) is 11.3 Å². The zero-order valence-corrected chi connectivity index (χ0v) is 14.7. The topological polar surface area (TPSA) is 82.8 Å². The van der Waals surface area contributed by atoms with Gasteiger partial charge in [-0.2, -0.15) is 5.26 Å². The summed E-state index contributed by atoms with van der Waals surface area (Å²) in [6.45, 7) is 0. The van der Waals surface area contributed by atoms with E-state index in [1.807, 2.05) is 0 Å². The van der Waals surface area contributed by atoms with Gasteiger partial charge in [0.2, 0.25) is 0 Å². The number of halogens is 2. The fourth-order valence-corrected chi connectivity index (χ4v) is 3.62. The Hall–Kier alpha value is -2.95. The minimum Gasteiger partial charge on any atom is -0.280 e. The number of pyridine rings is 1. The number of nitrogens with one attached hydrogen (secondary N) is 1. The molecular weight excluding hydrogens is 377 g/mol. The fourth-order valence-electron chi connectivity index (χ4n) is 2.27. The van der Waals surface area contributed by atoms with Crippen LogP contribution in [0, 0.1) is 17.1 Å². The first kappa shape index (κ1) is 17.9. The highest BCUT2D eigenvalue weighted by atomic mass is 35.5. The smallest absolute Gasteiger partial charge is 0.261 e. The van der Waals surface area contributed by atoms with Gasteiger partial charge in [0.15, 0.2) is 11.5 Å². The van der Waals surface area contributed by atoms with Crippen molar-refractivity contribution < 1.29 is 12.8 Å². The van der Waals surface area contributed by atoms with Crippen molar-refractivity contribution in [2.75, 3.05) is 4.72 Å². The molecule has 5 nitrogen and oxygen atoms in total. The van der Waals surface area contributed by atoms with Crippen LogP contribution in [0.5, 0.6) is 0 Å². The fraction of sp³-hybridized carbons (Fsp3) is 0. The van der Waals surface area contributed by atoms with Gasteiger partial charge in [0.05, 0.1) is 21.3 Å². The van der Waals surface area contributed by atoms with Crippen molar-refractivity contribution in [3.8, 4) is 17.3 Å². The van der Waals surface area contributed by atoms with Crippen LogP contribution in [0.15, 0.2) is 65.6 Å². The van der Waals surface area contributed by atoms with Crippen LogP contribution >= 0.6 is 11.6 Å². The molecular formula is C18H11ClFN3O2S. The molecule has 2 aromatic carbocycles. The molecule has 1 N–H and O–H groups in total. The SMILES string of the molecule is N#Cc1nc(-c2ccc(NS(=O)(=O)c3ccccc3)cc2Cl)ccc1F. The number of nitrogens with zero attached hydrogens (tertiary/aromatic N) is 2. The van der Waals surface area contributed by atoms with E-state index < -0.39 is 15.8 Å². The highest BCUT2D eigenvalue weighted by Crippen LogP contribution is 2.30. The predicted octanol–water partition coefficient (Wildman–Crippen LogP) is 4.21. The number of hydrogen-bond acceptors (Lipinski definition) is 4. The molecule has 0 unspecified atom stereocenters. The lowest BCUT2D eigenvalue weighted by atomic mass is 10.1. The zero-order valence-electron chi connectivity index (χ0n) is 13.1. The van der Waals surface area contributed by atoms with Crippen LogP contribution in [0.25, 0.3) is 11.3 Å². The van der Waals surface area contributed by atoms with Crippen molar-refractivity contribution in [2.24, 2.45) is 0 Å². The van der Waals surface area contributed by atoms with Crippen LogP contribution in [0.3, 0.4) is 0 Å². The first-order chi connectivity index (χ1) is 12.4. The molecule has 3 aromatic rings. The average Bonchev–Trinajstić information content (AvgIpc) is 2.63. The Morgan fingerprint density at radius 1 is 1.08 bits per heavy atom. The molecule has 130 valence electrons. The van der Waals surface area contributed by atoms with Crippen molar-refractivity contribution in [3.63, 3.8) is 0 Å². The van der Waals surface area contributed by atoms with Gasteiger partial charge < -0.3 is 0 Å². The molecule has 0 atom stereocenters. The number of nitriles is 1. The molecule has 0 aliphatic carbocycles. The Labute approximate surface area is 154 Å². The molecule has 0 saturated carbocycles. The quantitative estimate of drug-likeness (QED) is 0.726. The van der Waals surface area contributed by atoms with Gasteiger partial charge >= 0.3 is 0 Å². The standard InChI is InChI=1S/C18H11ClFN3O2S/c19-15-10-12(23-26(24,25)13-4-2-1-3-5-13)6-7-14(15)17-9-8-16(20)18(11-21)22-17/h1-10,23H. The highest BCUT2D eigenvalue weighted by molar-refractivity contribution is 7.92. The Balaban J connectivity index is 1.92. The molecule has 0 fully saturated rings. The molecule has 0 spiro atoms. The predicted molar refractivity (Wildman–Crippen MR) is 96.6 cm³/mol. The molecule has 8 heteroatoms. The van der Waals surface area contributed by atoms with Crippen LogP contribution in [0.2, 0.25) is 5.02 Å². The van der Waals surface area contributed by atoms with Gasteiger partial charge in [-0.3, -0.25) is 4.72 Å². The highest BCUT2D eigenvalue weighted by Gasteiger charge is 2.15. The summed E-state index contributed by atoms with van der Waals surface area (Å²) in [5.41, 5.74) is 0.689. The number of rotatable bonds is 4. The molecule has 0 amide bonds. The number of sulfonamides is 1. The third kappa shape index (κ3) is 3.67. The number of anilines is 1. The van der Waals surface area contributed by atoms with Gasteiger partial charge in [0, 0.05) is 5.56 Å². The largest absolute Gasteiger partial charge is 0.280 e. The minimum atomic E-state index is -3.74. The lowest BCUT2D eigenvalue weighted by Gasteiger charge is -2.10. The molecule has 0 bridgehead atoms. The summed E-state index contributed by atoms with van der Waals surface area (Å²) in [5, 5.41) is 9.09. The lowest BCUT2D eigenvalue weighted by Crippen LogP contribution is -2.12. The van der Waals surface area contributed by atoms with Gasteiger partial charge in [0.25, 0.3) is 10.0 Å². The summed E-state index contributed by atoms with van der Waals surface area (Å²) in [6.07, 6.45) is 0. The van der Waals surface area contributed by atoms with E-state index >= 15 is 0 Å². The van der Waals surface area contributed by atoms with Gasteiger partial charge in [0.1, 0.15) is 6.07 Å². The van der Waals surface area contributed by atoms with Crippen LogP contribution < -0.4 is 4.72 Å². The summed E-state index contributed by atoms with van der Waals surface area (Å²) in [4.78, 5) is 4.04. The number of hydrogen-bond donors (Lipinski definition) is 1. The number of benzene rings is 2. The summed E-state index contributed by atoms with van der Waals surface area (Å²) >= 11 is 6.22. The first-order valence-electron chi connectivity index (χ1n) is 7.35. The monoisotopic (exact) mass is 387 g/mol. The van der Waals surface area contributed by atoms with Crippen molar-refractivity contribution in [1.82, 2.24) is 4.98 Å². The maximum Gasteiger partial charge on any atom is 0.261 e. The van der Waals surface area contributed by atoms with E-state index in [9.17, 15) is 12.8 Å². The first-order valence-corrected chi connectivity index (χ1v) is 9.21. The van der Waals surface area contributed by atoms with E-state index in [-0.39, 0.29) is 21.3 Å². The Morgan fingerprint density at radius 2 is 1.81 bits per heavy atom. The zero-order chi connectivity index (χ0) is 18.7. The van der Waals surface area contributed by atoms with Crippen LogP contribution in [0.1, 0.15) is 5.69 Å². The minimum absolute atomic E-state index is 0.124. The molecule has 1 heterocycles. The van der Waals surface area contributed by atoms with Crippen molar-refractivity contribution >= 4 is 27.3 Å². The van der Waals surface area contributed by atoms with Gasteiger partial charge in [-0.1, -0.05) is 29.8 Å². The van der Waals surface area contributed by atoms with Crippen molar-refractivity contribution in [1.29, 1.82) is 5.26 Å². The molecule has 0 radical (unpaired) electrons. The number of aromatic nitrogens is 1. The molecule has 0 aliphatic rings. The molecule has 0 saturated heterocycles. The van der Waals surface area contributed by atoms with E-state index in [4.69, 9.17) is 16.9 Å². The van der Waals surface area contributed by atoms with Crippen molar-refractivity contribution in [3.05, 3.63) is 77.2 Å². The summed E-state index contributed by atoms with van der Waals surface area (Å²) in [6, 6.07) is 16.6. The molecule has 0 aliphatic heterocycles. The Kier molecular flexibility index (Phi) is 4.89. The van der Waals surface area contributed by atoms with E-state index in [0.717, 1.165) is 6.07 Å². The normalized spacial score (nSPS) is 11.0. The third-order valence-corrected chi connectivity index (χ3v) is 5.21. The second kappa shape index (κ2) is 7.12. The van der Waals surface area contributed by atoms with Crippen molar-refractivity contribution in [2.45, 2.75) is 4.90 Å².